The highest BCUT2D eigenvalue weighted by molar-refractivity contribution is 5.92. The van der Waals surface area contributed by atoms with Crippen molar-refractivity contribution in [3.63, 3.8) is 0 Å². The number of carbonyl (C=O) groups excluding carboxylic acids is 2. The van der Waals surface area contributed by atoms with E-state index in [4.69, 9.17) is 15.2 Å². The minimum Gasteiger partial charge on any atom is -0.461 e. The summed E-state index contributed by atoms with van der Waals surface area (Å²) < 4.78 is 10.3. The van der Waals surface area contributed by atoms with Crippen LogP contribution in [0.1, 0.15) is 22.3 Å². The highest BCUT2D eigenvalue weighted by Gasteiger charge is 2.24. The summed E-state index contributed by atoms with van der Waals surface area (Å²) in [5.41, 5.74) is 6.40. The van der Waals surface area contributed by atoms with Crippen LogP contribution in [0.15, 0.2) is 24.3 Å². The highest BCUT2D eigenvalue weighted by Crippen LogP contribution is 2.15. The molecule has 1 heterocycles. The number of nitrogens with two attached hydrogens (primary N) is 1. The lowest BCUT2D eigenvalue weighted by Gasteiger charge is -2.08. The summed E-state index contributed by atoms with van der Waals surface area (Å²) in [4.78, 5) is 22.5. The molecular formula is C13H15NO4. The lowest BCUT2D eigenvalue weighted by Crippen LogP contribution is -2.17. The Balaban J connectivity index is 1.86. The second kappa shape index (κ2) is 5.64. The molecule has 0 aromatic heterocycles. The van der Waals surface area contributed by atoms with Crippen LogP contribution in [0.4, 0.5) is 0 Å². The number of hydrogen-bond acceptors (Lipinski definition) is 4. The largest absolute Gasteiger partial charge is 0.461 e. The van der Waals surface area contributed by atoms with E-state index in [1.807, 2.05) is 0 Å². The minimum absolute atomic E-state index is 0.144. The maximum atomic E-state index is 11.6. The van der Waals surface area contributed by atoms with Gasteiger partial charge in [0.25, 0.3) is 0 Å². The molecule has 0 saturated carbocycles. The Hall–Kier alpha value is -1.88. The average Bonchev–Trinajstić information content (AvgIpc) is 2.90. The van der Waals surface area contributed by atoms with Gasteiger partial charge in [0.05, 0.1) is 12.5 Å². The van der Waals surface area contributed by atoms with Gasteiger partial charge in [0.15, 0.2) is 0 Å². The van der Waals surface area contributed by atoms with Crippen LogP contribution in [0.2, 0.25) is 0 Å². The Labute approximate surface area is 105 Å². The van der Waals surface area contributed by atoms with Gasteiger partial charge in [-0.15, -0.1) is 0 Å². The molecule has 1 aliphatic rings. The van der Waals surface area contributed by atoms with E-state index in [9.17, 15) is 9.59 Å². The SMILES string of the molecule is NC(=O)c1ccc(COC(=O)C2CCOC2)cc1. The zero-order chi connectivity index (χ0) is 13.0. The normalized spacial score (nSPS) is 18.6. The summed E-state index contributed by atoms with van der Waals surface area (Å²) in [6.07, 6.45) is 0.722. The average molecular weight is 249 g/mol. The quantitative estimate of drug-likeness (QED) is 0.803. The van der Waals surface area contributed by atoms with E-state index in [0.717, 1.165) is 12.0 Å². The lowest BCUT2D eigenvalue weighted by molar-refractivity contribution is -0.149. The number of amides is 1. The Bertz CT molecular complexity index is 435. The number of carbonyl (C=O) groups is 2. The molecule has 5 nitrogen and oxygen atoms in total. The summed E-state index contributed by atoms with van der Waals surface area (Å²) >= 11 is 0. The molecule has 1 amide bonds. The van der Waals surface area contributed by atoms with Crippen LogP contribution in [0.25, 0.3) is 0 Å². The molecule has 0 spiro atoms. The van der Waals surface area contributed by atoms with E-state index >= 15 is 0 Å². The fraction of sp³-hybridized carbons (Fsp3) is 0.385. The van der Waals surface area contributed by atoms with Crippen LogP contribution < -0.4 is 5.73 Å². The molecule has 2 N–H and O–H groups in total. The third kappa shape index (κ3) is 3.07. The first kappa shape index (κ1) is 12.6. The van der Waals surface area contributed by atoms with E-state index in [0.29, 0.717) is 18.8 Å². The van der Waals surface area contributed by atoms with Crippen molar-refractivity contribution in [1.82, 2.24) is 0 Å². The Morgan fingerprint density at radius 2 is 2.06 bits per heavy atom. The smallest absolute Gasteiger partial charge is 0.311 e. The fourth-order valence-electron chi connectivity index (χ4n) is 1.76. The van der Waals surface area contributed by atoms with Gasteiger partial charge < -0.3 is 15.2 Å². The van der Waals surface area contributed by atoms with Gasteiger partial charge in [-0.25, -0.2) is 0 Å². The Morgan fingerprint density at radius 3 is 2.61 bits per heavy atom. The highest BCUT2D eigenvalue weighted by atomic mass is 16.5. The second-order valence-corrected chi connectivity index (χ2v) is 4.23. The third-order valence-electron chi connectivity index (χ3n) is 2.88. The number of rotatable bonds is 4. The van der Waals surface area contributed by atoms with Crippen molar-refractivity contribution in [3.8, 4) is 0 Å². The molecule has 1 aliphatic heterocycles. The lowest BCUT2D eigenvalue weighted by atomic mass is 10.1. The molecule has 96 valence electrons. The third-order valence-corrected chi connectivity index (χ3v) is 2.88. The molecule has 1 fully saturated rings. The molecule has 0 bridgehead atoms. The van der Waals surface area contributed by atoms with E-state index in [-0.39, 0.29) is 18.5 Å². The fourth-order valence-corrected chi connectivity index (χ4v) is 1.76. The van der Waals surface area contributed by atoms with Crippen molar-refractivity contribution in [1.29, 1.82) is 0 Å². The molecule has 0 radical (unpaired) electrons. The van der Waals surface area contributed by atoms with Crippen molar-refractivity contribution in [2.45, 2.75) is 13.0 Å². The molecule has 18 heavy (non-hydrogen) atoms. The molecule has 1 aromatic rings. The number of ether oxygens (including phenoxy) is 2. The van der Waals surface area contributed by atoms with Crippen LogP contribution in [0.3, 0.4) is 0 Å². The standard InChI is InChI=1S/C13H15NO4/c14-12(15)10-3-1-9(2-4-10)7-18-13(16)11-5-6-17-8-11/h1-4,11H,5-8H2,(H2,14,15). The summed E-state index contributed by atoms with van der Waals surface area (Å²) in [5.74, 6) is -0.844. The van der Waals surface area contributed by atoms with Crippen molar-refractivity contribution in [2.75, 3.05) is 13.2 Å². The van der Waals surface area contributed by atoms with Gasteiger partial charge >= 0.3 is 5.97 Å². The summed E-state index contributed by atoms with van der Waals surface area (Å²) in [6.45, 7) is 1.26. The van der Waals surface area contributed by atoms with Gasteiger partial charge in [0.2, 0.25) is 5.91 Å². The number of benzene rings is 1. The predicted octanol–water partition coefficient (Wildman–Crippen LogP) is 0.865. The first-order valence-corrected chi connectivity index (χ1v) is 5.80. The van der Waals surface area contributed by atoms with E-state index < -0.39 is 5.91 Å². The summed E-state index contributed by atoms with van der Waals surface area (Å²) in [7, 11) is 0. The summed E-state index contributed by atoms with van der Waals surface area (Å²) in [5, 5.41) is 0. The first-order chi connectivity index (χ1) is 8.66. The maximum absolute atomic E-state index is 11.6. The van der Waals surface area contributed by atoms with Crippen molar-refractivity contribution < 1.29 is 19.1 Å². The van der Waals surface area contributed by atoms with Gasteiger partial charge in [-0.3, -0.25) is 9.59 Å². The van der Waals surface area contributed by atoms with Gasteiger partial charge in [0, 0.05) is 12.2 Å². The van der Waals surface area contributed by atoms with E-state index in [1.165, 1.54) is 0 Å². The van der Waals surface area contributed by atoms with Gasteiger partial charge in [0.1, 0.15) is 6.61 Å². The minimum atomic E-state index is -0.471. The van der Waals surface area contributed by atoms with Gasteiger partial charge in [-0.05, 0) is 24.1 Å². The molecule has 5 heteroatoms. The van der Waals surface area contributed by atoms with Crippen molar-refractivity contribution in [2.24, 2.45) is 11.7 Å². The predicted molar refractivity (Wildman–Crippen MR) is 63.7 cm³/mol. The van der Waals surface area contributed by atoms with Crippen LogP contribution in [0.5, 0.6) is 0 Å². The van der Waals surface area contributed by atoms with Crippen molar-refractivity contribution in [3.05, 3.63) is 35.4 Å². The van der Waals surface area contributed by atoms with Gasteiger partial charge in [-0.2, -0.15) is 0 Å². The Kier molecular flexibility index (Phi) is 3.94. The zero-order valence-electron chi connectivity index (χ0n) is 9.93. The number of primary amides is 1. The summed E-state index contributed by atoms with van der Waals surface area (Å²) in [6, 6.07) is 6.67. The molecule has 2 rings (SSSR count). The molecule has 0 aliphatic carbocycles. The molecule has 1 saturated heterocycles. The molecular weight excluding hydrogens is 234 g/mol. The zero-order valence-corrected chi connectivity index (χ0v) is 9.93. The van der Waals surface area contributed by atoms with Gasteiger partial charge in [-0.1, -0.05) is 12.1 Å². The van der Waals surface area contributed by atoms with E-state index in [2.05, 4.69) is 0 Å². The van der Waals surface area contributed by atoms with Crippen LogP contribution >= 0.6 is 0 Å². The second-order valence-electron chi connectivity index (χ2n) is 4.23. The number of esters is 1. The molecule has 1 unspecified atom stereocenters. The monoisotopic (exact) mass is 249 g/mol. The molecule has 1 atom stereocenters. The van der Waals surface area contributed by atoms with Crippen LogP contribution in [-0.2, 0) is 20.9 Å². The van der Waals surface area contributed by atoms with Crippen LogP contribution in [0, 0.1) is 5.92 Å². The topological polar surface area (TPSA) is 78.6 Å². The van der Waals surface area contributed by atoms with Crippen LogP contribution in [-0.4, -0.2) is 25.1 Å². The Morgan fingerprint density at radius 1 is 1.33 bits per heavy atom. The van der Waals surface area contributed by atoms with Crippen molar-refractivity contribution >= 4 is 11.9 Å². The maximum Gasteiger partial charge on any atom is 0.311 e. The first-order valence-electron chi connectivity index (χ1n) is 5.80. The molecule has 1 aromatic carbocycles. The number of hydrogen-bond donors (Lipinski definition) is 1. The van der Waals surface area contributed by atoms with E-state index in [1.54, 1.807) is 24.3 Å².